The molecule has 0 aliphatic rings. The summed E-state index contributed by atoms with van der Waals surface area (Å²) in [7, 11) is 0. The van der Waals surface area contributed by atoms with Gasteiger partial charge in [0.05, 0.1) is 0 Å². The fourth-order valence-electron chi connectivity index (χ4n) is 1.48. The molecule has 0 amide bonds. The topological polar surface area (TPSA) is 24.9 Å². The van der Waals surface area contributed by atoms with Crippen molar-refractivity contribution in [1.29, 1.82) is 0 Å². The molecule has 0 saturated carbocycles. The minimum Gasteiger partial charge on any atom is -0.340 e. The summed E-state index contributed by atoms with van der Waals surface area (Å²) in [5.74, 6) is 1.92. The van der Waals surface area contributed by atoms with E-state index in [2.05, 4.69) is 22.6 Å². The summed E-state index contributed by atoms with van der Waals surface area (Å²) >= 11 is 1.80. The van der Waals surface area contributed by atoms with E-state index in [-0.39, 0.29) is 0 Å². The lowest BCUT2D eigenvalue weighted by Gasteiger charge is -2.09. The van der Waals surface area contributed by atoms with E-state index in [0.29, 0.717) is 0 Å². The molecule has 2 rings (SSSR count). The Morgan fingerprint density at radius 2 is 1.94 bits per heavy atom. The zero-order chi connectivity index (χ0) is 11.2. The van der Waals surface area contributed by atoms with Crippen molar-refractivity contribution in [3.8, 4) is 0 Å². The molecule has 1 aromatic carbocycles. The van der Waals surface area contributed by atoms with Crippen LogP contribution in [0, 0.1) is 0 Å². The highest BCUT2D eigenvalue weighted by molar-refractivity contribution is 7.97. The lowest BCUT2D eigenvalue weighted by molar-refractivity contribution is 1.24. The van der Waals surface area contributed by atoms with Crippen LogP contribution in [0.1, 0.15) is 5.56 Å². The second-order valence-corrected chi connectivity index (χ2v) is 4.30. The number of pyridine rings is 1. The van der Waals surface area contributed by atoms with Crippen LogP contribution in [0.4, 0.5) is 11.5 Å². The smallest absolute Gasteiger partial charge is 0.134 e. The lowest BCUT2D eigenvalue weighted by atomic mass is 10.2. The van der Waals surface area contributed by atoms with Gasteiger partial charge in [0.15, 0.2) is 0 Å². The minimum atomic E-state index is 0.947. The third-order valence-electron chi connectivity index (χ3n) is 2.23. The minimum absolute atomic E-state index is 0.947. The first kappa shape index (κ1) is 11.0. The maximum absolute atomic E-state index is 4.37. The molecule has 0 saturated heterocycles. The number of para-hydroxylation sites is 1. The number of thioether (sulfide) groups is 1. The monoisotopic (exact) mass is 230 g/mol. The fourth-order valence-corrected chi connectivity index (χ4v) is 2.03. The van der Waals surface area contributed by atoms with Crippen molar-refractivity contribution in [1.82, 2.24) is 4.98 Å². The van der Waals surface area contributed by atoms with Crippen molar-refractivity contribution in [3.63, 3.8) is 0 Å². The summed E-state index contributed by atoms with van der Waals surface area (Å²) in [6.07, 6.45) is 3.91. The van der Waals surface area contributed by atoms with Crippen molar-refractivity contribution in [2.45, 2.75) is 5.75 Å². The third-order valence-corrected chi connectivity index (χ3v) is 2.83. The van der Waals surface area contributed by atoms with Crippen LogP contribution >= 0.6 is 11.8 Å². The standard InChI is InChI=1S/C13H14N2S/c1-16-10-11-6-5-9-14-13(11)15-12-7-3-2-4-8-12/h2-9H,10H2,1H3,(H,14,15). The summed E-state index contributed by atoms with van der Waals surface area (Å²) in [6, 6.07) is 14.2. The van der Waals surface area contributed by atoms with Gasteiger partial charge in [0.2, 0.25) is 0 Å². The molecule has 0 atom stereocenters. The van der Waals surface area contributed by atoms with E-state index >= 15 is 0 Å². The number of rotatable bonds is 4. The molecule has 1 N–H and O–H groups in total. The summed E-state index contributed by atoms with van der Waals surface area (Å²) < 4.78 is 0. The molecule has 1 heterocycles. The molecular weight excluding hydrogens is 216 g/mol. The van der Waals surface area contributed by atoms with Crippen LogP contribution in [0.2, 0.25) is 0 Å². The Balaban J connectivity index is 2.21. The molecule has 1 aromatic heterocycles. The van der Waals surface area contributed by atoms with Crippen molar-refractivity contribution < 1.29 is 0 Å². The van der Waals surface area contributed by atoms with Crippen LogP contribution in [0.5, 0.6) is 0 Å². The van der Waals surface area contributed by atoms with Crippen LogP contribution in [-0.2, 0) is 5.75 Å². The van der Waals surface area contributed by atoms with Crippen LogP contribution in [-0.4, -0.2) is 11.2 Å². The summed E-state index contributed by atoms with van der Waals surface area (Å²) in [5, 5.41) is 3.33. The van der Waals surface area contributed by atoms with Crippen molar-refractivity contribution >= 4 is 23.3 Å². The maximum Gasteiger partial charge on any atom is 0.134 e. The van der Waals surface area contributed by atoms with Gasteiger partial charge in [-0.3, -0.25) is 0 Å². The van der Waals surface area contributed by atoms with Gasteiger partial charge < -0.3 is 5.32 Å². The Kier molecular flexibility index (Phi) is 3.83. The normalized spacial score (nSPS) is 10.1. The van der Waals surface area contributed by atoms with Gasteiger partial charge in [-0.2, -0.15) is 11.8 Å². The SMILES string of the molecule is CSCc1cccnc1Nc1ccccc1. The highest BCUT2D eigenvalue weighted by atomic mass is 32.2. The molecule has 0 fully saturated rings. The second-order valence-electron chi connectivity index (χ2n) is 3.44. The second kappa shape index (κ2) is 5.56. The largest absolute Gasteiger partial charge is 0.340 e. The average Bonchev–Trinajstić information content (AvgIpc) is 2.33. The number of benzene rings is 1. The van der Waals surface area contributed by atoms with E-state index in [1.165, 1.54) is 5.56 Å². The van der Waals surface area contributed by atoms with Gasteiger partial charge in [0.25, 0.3) is 0 Å². The first-order valence-electron chi connectivity index (χ1n) is 5.15. The highest BCUT2D eigenvalue weighted by Crippen LogP contribution is 2.20. The van der Waals surface area contributed by atoms with E-state index < -0.39 is 0 Å². The predicted molar refractivity (Wildman–Crippen MR) is 71.2 cm³/mol. The predicted octanol–water partition coefficient (Wildman–Crippen LogP) is 3.69. The first-order chi connectivity index (χ1) is 7.90. The van der Waals surface area contributed by atoms with Crippen LogP contribution in [0.25, 0.3) is 0 Å². The molecule has 0 spiro atoms. The molecular formula is C13H14N2S. The van der Waals surface area contributed by atoms with E-state index in [1.54, 1.807) is 11.8 Å². The molecule has 0 radical (unpaired) electrons. The molecule has 0 aliphatic heterocycles. The summed E-state index contributed by atoms with van der Waals surface area (Å²) in [5.41, 5.74) is 2.31. The molecule has 2 nitrogen and oxygen atoms in total. The molecule has 2 aromatic rings. The molecule has 0 bridgehead atoms. The van der Waals surface area contributed by atoms with Gasteiger partial charge in [-0.15, -0.1) is 0 Å². The maximum atomic E-state index is 4.37. The van der Waals surface area contributed by atoms with Gasteiger partial charge in [-0.25, -0.2) is 4.98 Å². The van der Waals surface area contributed by atoms with Gasteiger partial charge in [-0.1, -0.05) is 24.3 Å². The van der Waals surface area contributed by atoms with Crippen molar-refractivity contribution in [2.24, 2.45) is 0 Å². The Morgan fingerprint density at radius 3 is 2.69 bits per heavy atom. The number of nitrogens with one attached hydrogen (secondary N) is 1. The molecule has 3 heteroatoms. The Morgan fingerprint density at radius 1 is 1.12 bits per heavy atom. The zero-order valence-corrected chi connectivity index (χ0v) is 10.00. The number of aromatic nitrogens is 1. The number of hydrogen-bond acceptors (Lipinski definition) is 3. The Hall–Kier alpha value is -1.48. The molecule has 0 aliphatic carbocycles. The van der Waals surface area contributed by atoms with Crippen molar-refractivity contribution in [3.05, 3.63) is 54.2 Å². The first-order valence-corrected chi connectivity index (χ1v) is 6.54. The van der Waals surface area contributed by atoms with E-state index in [0.717, 1.165) is 17.3 Å². The van der Waals surface area contributed by atoms with Gasteiger partial charge in [0.1, 0.15) is 5.82 Å². The lowest BCUT2D eigenvalue weighted by Crippen LogP contribution is -1.97. The number of nitrogens with zero attached hydrogens (tertiary/aromatic N) is 1. The van der Waals surface area contributed by atoms with Gasteiger partial charge in [0, 0.05) is 23.2 Å². The highest BCUT2D eigenvalue weighted by Gasteiger charge is 2.02. The van der Waals surface area contributed by atoms with E-state index in [4.69, 9.17) is 0 Å². The summed E-state index contributed by atoms with van der Waals surface area (Å²) in [4.78, 5) is 4.37. The summed E-state index contributed by atoms with van der Waals surface area (Å²) in [6.45, 7) is 0. The van der Waals surface area contributed by atoms with Crippen molar-refractivity contribution in [2.75, 3.05) is 11.6 Å². The molecule has 82 valence electrons. The van der Waals surface area contributed by atoms with Gasteiger partial charge in [-0.05, 0) is 24.5 Å². The Labute approximate surface area is 100 Å². The van der Waals surface area contributed by atoms with E-state index in [9.17, 15) is 0 Å². The Bertz CT molecular complexity index is 443. The van der Waals surface area contributed by atoms with Crippen LogP contribution in [0.15, 0.2) is 48.7 Å². The number of anilines is 2. The molecule has 0 unspecified atom stereocenters. The van der Waals surface area contributed by atoms with Gasteiger partial charge >= 0.3 is 0 Å². The molecule has 16 heavy (non-hydrogen) atoms. The average molecular weight is 230 g/mol. The quantitative estimate of drug-likeness (QED) is 0.867. The zero-order valence-electron chi connectivity index (χ0n) is 9.18. The van der Waals surface area contributed by atoms with Crippen LogP contribution < -0.4 is 5.32 Å². The van der Waals surface area contributed by atoms with E-state index in [1.807, 2.05) is 42.6 Å². The number of hydrogen-bond donors (Lipinski definition) is 1. The third kappa shape index (κ3) is 2.76. The van der Waals surface area contributed by atoms with Crippen LogP contribution in [0.3, 0.4) is 0 Å². The fraction of sp³-hybridized carbons (Fsp3) is 0.154.